The second-order valence-corrected chi connectivity index (χ2v) is 4.29. The van der Waals surface area contributed by atoms with Crippen molar-refractivity contribution >= 4 is 11.7 Å². The first-order valence-electron chi connectivity index (χ1n) is 5.78. The molecule has 1 aliphatic rings. The monoisotopic (exact) mass is 234 g/mol. The number of amides is 1. The van der Waals surface area contributed by atoms with Gasteiger partial charge in [-0.05, 0) is 6.07 Å². The molecule has 0 spiro atoms. The van der Waals surface area contributed by atoms with Gasteiger partial charge in [0.1, 0.15) is 5.82 Å². The van der Waals surface area contributed by atoms with Crippen molar-refractivity contribution < 1.29 is 4.79 Å². The summed E-state index contributed by atoms with van der Waals surface area (Å²) in [6.45, 7) is 2.98. The smallest absolute Gasteiger partial charge is 0.236 e. The van der Waals surface area contributed by atoms with Gasteiger partial charge in [-0.2, -0.15) is 0 Å². The number of nitrogens with zero attached hydrogens (tertiary/aromatic N) is 3. The standard InChI is InChI=1S/C12H18N4O/c1-13-12-10(4-3-5-14-12)8-16-7-6-15(2)11(17)9-16/h3-5H,6-9H2,1-2H3,(H,13,14). The molecule has 2 heterocycles. The Morgan fingerprint density at radius 1 is 1.47 bits per heavy atom. The summed E-state index contributed by atoms with van der Waals surface area (Å²) in [6.07, 6.45) is 1.77. The van der Waals surface area contributed by atoms with Gasteiger partial charge in [-0.1, -0.05) is 6.07 Å². The van der Waals surface area contributed by atoms with Crippen LogP contribution in [0.2, 0.25) is 0 Å². The first kappa shape index (κ1) is 11.9. The van der Waals surface area contributed by atoms with Gasteiger partial charge in [0.05, 0.1) is 6.54 Å². The van der Waals surface area contributed by atoms with Gasteiger partial charge in [0.25, 0.3) is 0 Å². The molecule has 92 valence electrons. The fourth-order valence-corrected chi connectivity index (χ4v) is 1.97. The van der Waals surface area contributed by atoms with Crippen LogP contribution in [-0.2, 0) is 11.3 Å². The zero-order valence-corrected chi connectivity index (χ0v) is 10.3. The molecule has 1 aliphatic heterocycles. The first-order chi connectivity index (χ1) is 8.20. The van der Waals surface area contributed by atoms with Gasteiger partial charge in [0.2, 0.25) is 5.91 Å². The summed E-state index contributed by atoms with van der Waals surface area (Å²) >= 11 is 0. The van der Waals surface area contributed by atoms with E-state index in [0.717, 1.165) is 31.0 Å². The van der Waals surface area contributed by atoms with Gasteiger partial charge in [0.15, 0.2) is 0 Å². The van der Waals surface area contributed by atoms with Crippen LogP contribution in [0.25, 0.3) is 0 Å². The molecule has 0 atom stereocenters. The SMILES string of the molecule is CNc1ncccc1CN1CCN(C)C(=O)C1. The fraction of sp³-hybridized carbons (Fsp3) is 0.500. The second kappa shape index (κ2) is 5.14. The first-order valence-corrected chi connectivity index (χ1v) is 5.78. The predicted octanol–water partition coefficient (Wildman–Crippen LogP) is 0.397. The average Bonchev–Trinajstić information content (AvgIpc) is 2.34. The van der Waals surface area contributed by atoms with E-state index in [1.165, 1.54) is 0 Å². The third kappa shape index (κ3) is 2.74. The summed E-state index contributed by atoms with van der Waals surface area (Å²) < 4.78 is 0. The van der Waals surface area contributed by atoms with E-state index in [2.05, 4.69) is 15.2 Å². The Morgan fingerprint density at radius 3 is 3.00 bits per heavy atom. The molecule has 1 aromatic rings. The van der Waals surface area contributed by atoms with Crippen molar-refractivity contribution in [2.45, 2.75) is 6.54 Å². The van der Waals surface area contributed by atoms with Gasteiger partial charge >= 0.3 is 0 Å². The molecular formula is C12H18N4O. The summed E-state index contributed by atoms with van der Waals surface area (Å²) in [4.78, 5) is 19.8. The van der Waals surface area contributed by atoms with E-state index < -0.39 is 0 Å². The summed E-state index contributed by atoms with van der Waals surface area (Å²) in [5.41, 5.74) is 1.13. The minimum atomic E-state index is 0.186. The molecule has 5 nitrogen and oxygen atoms in total. The van der Waals surface area contributed by atoms with E-state index in [1.807, 2.05) is 26.2 Å². The molecule has 0 aliphatic carbocycles. The molecule has 1 N–H and O–H groups in total. The summed E-state index contributed by atoms with van der Waals surface area (Å²) in [5, 5.41) is 3.07. The Labute approximate surface area is 101 Å². The largest absolute Gasteiger partial charge is 0.373 e. The van der Waals surface area contributed by atoms with Crippen molar-refractivity contribution in [3.63, 3.8) is 0 Å². The van der Waals surface area contributed by atoms with Gasteiger partial charge in [-0.25, -0.2) is 4.98 Å². The predicted molar refractivity (Wildman–Crippen MR) is 66.7 cm³/mol. The lowest BCUT2D eigenvalue weighted by Gasteiger charge is -2.32. The van der Waals surface area contributed by atoms with E-state index in [0.29, 0.717) is 6.54 Å². The molecule has 0 aromatic carbocycles. The normalized spacial score (nSPS) is 17.3. The number of piperazine rings is 1. The Bertz CT molecular complexity index is 407. The highest BCUT2D eigenvalue weighted by Crippen LogP contribution is 2.14. The minimum Gasteiger partial charge on any atom is -0.373 e. The summed E-state index contributed by atoms with van der Waals surface area (Å²) in [5.74, 6) is 1.07. The Kier molecular flexibility index (Phi) is 3.58. The molecule has 0 unspecified atom stereocenters. The average molecular weight is 234 g/mol. The fourth-order valence-electron chi connectivity index (χ4n) is 1.97. The summed E-state index contributed by atoms with van der Waals surface area (Å²) in [6, 6.07) is 3.97. The maximum absolute atomic E-state index is 11.6. The highest BCUT2D eigenvalue weighted by atomic mass is 16.2. The van der Waals surface area contributed by atoms with E-state index in [4.69, 9.17) is 0 Å². The number of rotatable bonds is 3. The van der Waals surface area contributed by atoms with Crippen molar-refractivity contribution in [3.8, 4) is 0 Å². The zero-order valence-electron chi connectivity index (χ0n) is 10.3. The van der Waals surface area contributed by atoms with E-state index in [-0.39, 0.29) is 5.91 Å². The lowest BCUT2D eigenvalue weighted by molar-refractivity contribution is -0.134. The van der Waals surface area contributed by atoms with Crippen molar-refractivity contribution in [1.82, 2.24) is 14.8 Å². The van der Waals surface area contributed by atoms with Crippen LogP contribution in [0, 0.1) is 0 Å². The zero-order chi connectivity index (χ0) is 12.3. The molecule has 17 heavy (non-hydrogen) atoms. The summed E-state index contributed by atoms with van der Waals surface area (Å²) in [7, 11) is 3.71. The quantitative estimate of drug-likeness (QED) is 0.822. The van der Waals surface area contributed by atoms with Gasteiger partial charge in [0, 0.05) is 45.5 Å². The number of carbonyl (C=O) groups excluding carboxylic acids is 1. The molecule has 5 heteroatoms. The highest BCUT2D eigenvalue weighted by molar-refractivity contribution is 5.78. The molecule has 1 aromatic heterocycles. The van der Waals surface area contributed by atoms with Crippen LogP contribution in [-0.4, -0.2) is 54.4 Å². The number of hydrogen-bond acceptors (Lipinski definition) is 4. The molecule has 1 saturated heterocycles. The molecule has 0 bridgehead atoms. The molecule has 0 radical (unpaired) electrons. The van der Waals surface area contributed by atoms with Crippen molar-refractivity contribution in [2.24, 2.45) is 0 Å². The van der Waals surface area contributed by atoms with Crippen LogP contribution in [0.15, 0.2) is 18.3 Å². The molecule has 1 amide bonds. The van der Waals surface area contributed by atoms with Crippen molar-refractivity contribution in [1.29, 1.82) is 0 Å². The minimum absolute atomic E-state index is 0.186. The molecular weight excluding hydrogens is 216 g/mol. The van der Waals surface area contributed by atoms with Crippen LogP contribution in [0.5, 0.6) is 0 Å². The second-order valence-electron chi connectivity index (χ2n) is 4.29. The maximum Gasteiger partial charge on any atom is 0.236 e. The lowest BCUT2D eigenvalue weighted by atomic mass is 10.2. The number of anilines is 1. The van der Waals surface area contributed by atoms with E-state index in [1.54, 1.807) is 11.1 Å². The van der Waals surface area contributed by atoms with Crippen LogP contribution < -0.4 is 5.32 Å². The molecule has 2 rings (SSSR count). The molecule has 0 saturated carbocycles. The topological polar surface area (TPSA) is 48.5 Å². The van der Waals surface area contributed by atoms with Crippen LogP contribution in [0.1, 0.15) is 5.56 Å². The number of pyridine rings is 1. The third-order valence-electron chi connectivity index (χ3n) is 3.06. The highest BCUT2D eigenvalue weighted by Gasteiger charge is 2.21. The van der Waals surface area contributed by atoms with Crippen molar-refractivity contribution in [3.05, 3.63) is 23.9 Å². The van der Waals surface area contributed by atoms with Crippen LogP contribution in [0.4, 0.5) is 5.82 Å². The number of aromatic nitrogens is 1. The lowest BCUT2D eigenvalue weighted by Crippen LogP contribution is -2.48. The Balaban J connectivity index is 2.03. The van der Waals surface area contributed by atoms with E-state index >= 15 is 0 Å². The number of nitrogens with one attached hydrogen (secondary N) is 1. The Hall–Kier alpha value is -1.62. The van der Waals surface area contributed by atoms with Crippen LogP contribution in [0.3, 0.4) is 0 Å². The Morgan fingerprint density at radius 2 is 2.29 bits per heavy atom. The van der Waals surface area contributed by atoms with E-state index in [9.17, 15) is 4.79 Å². The number of likely N-dealkylation sites (N-methyl/N-ethyl adjacent to an activating group) is 1. The van der Waals surface area contributed by atoms with Gasteiger partial charge in [-0.3, -0.25) is 9.69 Å². The number of hydrogen-bond donors (Lipinski definition) is 1. The van der Waals surface area contributed by atoms with Crippen molar-refractivity contribution in [2.75, 3.05) is 39.0 Å². The van der Waals surface area contributed by atoms with Crippen LogP contribution >= 0.6 is 0 Å². The number of carbonyl (C=O) groups is 1. The van der Waals surface area contributed by atoms with Gasteiger partial charge < -0.3 is 10.2 Å². The maximum atomic E-state index is 11.6. The third-order valence-corrected chi connectivity index (χ3v) is 3.06. The van der Waals surface area contributed by atoms with Gasteiger partial charge in [-0.15, -0.1) is 0 Å². The molecule has 1 fully saturated rings.